The Balaban J connectivity index is 1.90. The van der Waals surface area contributed by atoms with E-state index in [1.807, 2.05) is 0 Å². The Hall–Kier alpha value is -2.16. The van der Waals surface area contributed by atoms with E-state index in [0.717, 1.165) is 4.47 Å². The molecule has 0 atom stereocenters. The molecular formula is C15H10BrCl2N3O4. The van der Waals surface area contributed by atoms with E-state index in [1.165, 1.54) is 24.4 Å². The quantitative estimate of drug-likeness (QED) is 0.408. The first-order valence-electron chi connectivity index (χ1n) is 6.70. The molecule has 0 radical (unpaired) electrons. The molecule has 2 rings (SSSR count). The van der Waals surface area contributed by atoms with Crippen molar-refractivity contribution in [1.29, 1.82) is 0 Å². The van der Waals surface area contributed by atoms with Gasteiger partial charge < -0.3 is 4.74 Å². The number of hydrogen-bond donors (Lipinski definition) is 1. The summed E-state index contributed by atoms with van der Waals surface area (Å²) in [4.78, 5) is 21.9. The summed E-state index contributed by atoms with van der Waals surface area (Å²) in [5.41, 5.74) is 2.41. The third kappa shape index (κ3) is 5.70. The van der Waals surface area contributed by atoms with Gasteiger partial charge in [-0.15, -0.1) is 0 Å². The minimum absolute atomic E-state index is 0.0194. The smallest absolute Gasteiger partial charge is 0.288 e. The highest BCUT2D eigenvalue weighted by molar-refractivity contribution is 9.10. The van der Waals surface area contributed by atoms with Crippen molar-refractivity contribution in [2.45, 2.75) is 0 Å². The Morgan fingerprint density at radius 1 is 1.28 bits per heavy atom. The Morgan fingerprint density at radius 2 is 2.04 bits per heavy atom. The number of nitrogens with one attached hydrogen (secondary N) is 1. The third-order valence-corrected chi connectivity index (χ3v) is 3.93. The number of ether oxygens (including phenoxy) is 1. The van der Waals surface area contributed by atoms with Crippen LogP contribution in [-0.2, 0) is 4.79 Å². The van der Waals surface area contributed by atoms with Crippen LogP contribution in [0.1, 0.15) is 5.56 Å². The predicted octanol–water partition coefficient (Wildman–Crippen LogP) is 4.19. The number of amides is 1. The van der Waals surface area contributed by atoms with Gasteiger partial charge in [0.2, 0.25) is 0 Å². The van der Waals surface area contributed by atoms with Gasteiger partial charge in [0.25, 0.3) is 11.6 Å². The van der Waals surface area contributed by atoms with Gasteiger partial charge in [-0.1, -0.05) is 45.2 Å². The summed E-state index contributed by atoms with van der Waals surface area (Å²) in [7, 11) is 0. The lowest BCUT2D eigenvalue weighted by Gasteiger charge is -2.07. The molecule has 0 spiro atoms. The molecule has 1 amide bonds. The summed E-state index contributed by atoms with van der Waals surface area (Å²) < 4.78 is 6.07. The summed E-state index contributed by atoms with van der Waals surface area (Å²) in [6, 6.07) is 9.14. The van der Waals surface area contributed by atoms with Gasteiger partial charge in [-0.3, -0.25) is 14.9 Å². The summed E-state index contributed by atoms with van der Waals surface area (Å²) in [6.45, 7) is -0.292. The molecule has 0 aliphatic carbocycles. The van der Waals surface area contributed by atoms with Crippen LogP contribution in [0.15, 0.2) is 46.0 Å². The second-order valence-corrected chi connectivity index (χ2v) is 6.35. The van der Waals surface area contributed by atoms with Gasteiger partial charge in [-0.25, -0.2) is 5.43 Å². The summed E-state index contributed by atoms with van der Waals surface area (Å²) in [5, 5.41) is 14.9. The number of rotatable bonds is 6. The predicted molar refractivity (Wildman–Crippen MR) is 98.5 cm³/mol. The number of carbonyl (C=O) groups is 1. The lowest BCUT2D eigenvalue weighted by atomic mass is 10.2. The number of hydrazone groups is 1. The molecule has 10 heteroatoms. The average Bonchev–Trinajstić information content (AvgIpc) is 2.55. The maximum absolute atomic E-state index is 11.7. The minimum atomic E-state index is -0.603. The maximum atomic E-state index is 11.7. The van der Waals surface area contributed by atoms with Gasteiger partial charge >= 0.3 is 0 Å². The van der Waals surface area contributed by atoms with E-state index in [9.17, 15) is 14.9 Å². The molecule has 2 aromatic rings. The zero-order valence-electron chi connectivity index (χ0n) is 12.4. The van der Waals surface area contributed by atoms with Crippen LogP contribution in [-0.4, -0.2) is 23.7 Å². The van der Waals surface area contributed by atoms with Crippen LogP contribution in [0.5, 0.6) is 5.75 Å². The Labute approximate surface area is 160 Å². The highest BCUT2D eigenvalue weighted by atomic mass is 79.9. The standard InChI is InChI=1S/C15H10BrCl2N3O4/c16-10-2-4-14(12(18)6-10)25-8-15(22)20-19-7-9-1-3-11(17)13(5-9)21(23)24/h1-7H,8H2,(H,20,22)/b19-7+. The lowest BCUT2D eigenvalue weighted by Crippen LogP contribution is -2.24. The number of hydrogen-bond acceptors (Lipinski definition) is 5. The van der Waals surface area contributed by atoms with Crippen LogP contribution >= 0.6 is 39.1 Å². The lowest BCUT2D eigenvalue weighted by molar-refractivity contribution is -0.384. The summed E-state index contributed by atoms with van der Waals surface area (Å²) in [5.74, 6) is -0.156. The maximum Gasteiger partial charge on any atom is 0.288 e. The van der Waals surface area contributed by atoms with Crippen molar-refractivity contribution in [3.05, 3.63) is 66.6 Å². The van der Waals surface area contributed by atoms with Crippen molar-refractivity contribution >= 4 is 56.9 Å². The number of nitro benzene ring substituents is 1. The molecular weight excluding hydrogens is 437 g/mol. The fourth-order valence-electron chi connectivity index (χ4n) is 1.70. The van der Waals surface area contributed by atoms with Crippen molar-refractivity contribution in [3.8, 4) is 5.75 Å². The molecule has 0 aliphatic heterocycles. The van der Waals surface area contributed by atoms with E-state index < -0.39 is 10.8 Å². The number of halogens is 3. The van der Waals surface area contributed by atoms with E-state index in [0.29, 0.717) is 16.3 Å². The van der Waals surface area contributed by atoms with Crippen LogP contribution < -0.4 is 10.2 Å². The Morgan fingerprint density at radius 3 is 2.72 bits per heavy atom. The molecule has 130 valence electrons. The number of benzene rings is 2. The van der Waals surface area contributed by atoms with Crippen molar-refractivity contribution in [1.82, 2.24) is 5.43 Å². The SMILES string of the molecule is O=C(COc1ccc(Br)cc1Cl)N/N=C/c1ccc(Cl)c([N+](=O)[O-])c1. The topological polar surface area (TPSA) is 93.8 Å². The van der Waals surface area contributed by atoms with Crippen molar-refractivity contribution in [3.63, 3.8) is 0 Å². The average molecular weight is 447 g/mol. The van der Waals surface area contributed by atoms with Crippen LogP contribution in [0, 0.1) is 10.1 Å². The monoisotopic (exact) mass is 445 g/mol. The molecule has 7 nitrogen and oxygen atoms in total. The summed E-state index contributed by atoms with van der Waals surface area (Å²) >= 11 is 14.9. The Bertz CT molecular complexity index is 846. The first kappa shape index (κ1) is 19.2. The molecule has 0 saturated heterocycles. The molecule has 0 bridgehead atoms. The highest BCUT2D eigenvalue weighted by Crippen LogP contribution is 2.27. The molecule has 0 saturated carbocycles. The molecule has 25 heavy (non-hydrogen) atoms. The second kappa shape index (κ2) is 8.80. The molecule has 0 unspecified atom stereocenters. The van der Waals surface area contributed by atoms with E-state index in [-0.39, 0.29) is 17.3 Å². The van der Waals surface area contributed by atoms with Gasteiger partial charge in [-0.05, 0) is 24.3 Å². The van der Waals surface area contributed by atoms with Gasteiger partial charge in [0.05, 0.1) is 16.2 Å². The van der Waals surface area contributed by atoms with Crippen LogP contribution in [0.25, 0.3) is 0 Å². The van der Waals surface area contributed by atoms with E-state index >= 15 is 0 Å². The van der Waals surface area contributed by atoms with Crippen molar-refractivity contribution in [2.75, 3.05) is 6.61 Å². The first-order valence-corrected chi connectivity index (χ1v) is 8.25. The van der Waals surface area contributed by atoms with Crippen LogP contribution in [0.3, 0.4) is 0 Å². The summed E-state index contributed by atoms with van der Waals surface area (Å²) in [6.07, 6.45) is 1.26. The van der Waals surface area contributed by atoms with Gasteiger partial charge in [-0.2, -0.15) is 5.10 Å². The van der Waals surface area contributed by atoms with Gasteiger partial charge in [0, 0.05) is 16.1 Å². The van der Waals surface area contributed by atoms with E-state index in [2.05, 4.69) is 26.5 Å². The molecule has 0 heterocycles. The van der Waals surface area contributed by atoms with E-state index in [1.54, 1.807) is 18.2 Å². The number of nitro groups is 1. The Kier molecular flexibility index (Phi) is 6.74. The van der Waals surface area contributed by atoms with E-state index in [4.69, 9.17) is 27.9 Å². The fraction of sp³-hybridized carbons (Fsp3) is 0.0667. The molecule has 2 aromatic carbocycles. The first-order chi connectivity index (χ1) is 11.9. The number of nitrogens with zero attached hydrogens (tertiary/aromatic N) is 2. The molecule has 0 fully saturated rings. The number of carbonyl (C=O) groups excluding carboxylic acids is 1. The molecule has 1 N–H and O–H groups in total. The second-order valence-electron chi connectivity index (χ2n) is 4.62. The van der Waals surface area contributed by atoms with Crippen LogP contribution in [0.2, 0.25) is 10.0 Å². The third-order valence-electron chi connectivity index (χ3n) is 2.82. The van der Waals surface area contributed by atoms with Crippen molar-refractivity contribution in [2.24, 2.45) is 5.10 Å². The minimum Gasteiger partial charge on any atom is -0.482 e. The van der Waals surface area contributed by atoms with Gasteiger partial charge in [0.15, 0.2) is 6.61 Å². The fourth-order valence-corrected chi connectivity index (χ4v) is 2.61. The largest absolute Gasteiger partial charge is 0.482 e. The molecule has 0 aromatic heterocycles. The van der Waals surface area contributed by atoms with Gasteiger partial charge in [0.1, 0.15) is 10.8 Å². The highest BCUT2D eigenvalue weighted by Gasteiger charge is 2.12. The normalized spacial score (nSPS) is 10.7. The van der Waals surface area contributed by atoms with Crippen molar-refractivity contribution < 1.29 is 14.5 Å². The molecule has 0 aliphatic rings. The zero-order valence-corrected chi connectivity index (χ0v) is 15.5. The van der Waals surface area contributed by atoms with Crippen LogP contribution in [0.4, 0.5) is 5.69 Å². The zero-order chi connectivity index (χ0) is 18.4.